The van der Waals surface area contributed by atoms with Crippen LogP contribution in [0.1, 0.15) is 22.8 Å². The Hall–Kier alpha value is -1.85. The van der Waals surface area contributed by atoms with Crippen LogP contribution >= 0.6 is 15.9 Å². The number of amides is 1. The lowest BCUT2D eigenvalue weighted by molar-refractivity contribution is 0.0946. The molecule has 0 fully saturated rings. The van der Waals surface area contributed by atoms with E-state index in [4.69, 9.17) is 4.74 Å². The van der Waals surface area contributed by atoms with E-state index < -0.39 is 0 Å². The third-order valence-electron chi connectivity index (χ3n) is 3.50. The standard InChI is InChI=1S/C18H21BrN2O2/c1-13(20-2)11-21-18(22)16-5-3-4-6-17(16)23-12-14-7-9-15(19)10-8-14/h3-10,13,20H,11-12H2,1-2H3,(H,21,22). The van der Waals surface area contributed by atoms with Gasteiger partial charge in [0, 0.05) is 17.1 Å². The molecule has 0 spiro atoms. The summed E-state index contributed by atoms with van der Waals surface area (Å²) >= 11 is 3.41. The van der Waals surface area contributed by atoms with E-state index in [-0.39, 0.29) is 11.9 Å². The highest BCUT2D eigenvalue weighted by molar-refractivity contribution is 9.10. The number of ether oxygens (including phenoxy) is 1. The Balaban J connectivity index is 2.02. The SMILES string of the molecule is CNC(C)CNC(=O)c1ccccc1OCc1ccc(Br)cc1. The Morgan fingerprint density at radius 1 is 1.17 bits per heavy atom. The molecule has 2 rings (SSSR count). The third kappa shape index (κ3) is 5.37. The van der Waals surface area contributed by atoms with E-state index >= 15 is 0 Å². The molecule has 2 aromatic carbocycles. The van der Waals surface area contributed by atoms with Gasteiger partial charge in [-0.25, -0.2) is 0 Å². The van der Waals surface area contributed by atoms with Crippen molar-refractivity contribution in [3.63, 3.8) is 0 Å². The van der Waals surface area contributed by atoms with E-state index in [1.54, 1.807) is 6.07 Å². The van der Waals surface area contributed by atoms with Crippen LogP contribution in [0.3, 0.4) is 0 Å². The number of rotatable bonds is 7. The van der Waals surface area contributed by atoms with E-state index in [2.05, 4.69) is 26.6 Å². The quantitative estimate of drug-likeness (QED) is 0.778. The van der Waals surface area contributed by atoms with Crippen LogP contribution in [0.4, 0.5) is 0 Å². The molecule has 0 saturated carbocycles. The van der Waals surface area contributed by atoms with Crippen molar-refractivity contribution < 1.29 is 9.53 Å². The molecule has 5 heteroatoms. The second-order valence-electron chi connectivity index (χ2n) is 5.31. The van der Waals surface area contributed by atoms with Gasteiger partial charge < -0.3 is 15.4 Å². The van der Waals surface area contributed by atoms with Crippen LogP contribution < -0.4 is 15.4 Å². The average molecular weight is 377 g/mol. The number of hydrogen-bond acceptors (Lipinski definition) is 3. The third-order valence-corrected chi connectivity index (χ3v) is 4.03. The predicted octanol–water partition coefficient (Wildman–Crippen LogP) is 3.37. The summed E-state index contributed by atoms with van der Waals surface area (Å²) in [5.41, 5.74) is 1.60. The maximum atomic E-state index is 12.3. The highest BCUT2D eigenvalue weighted by atomic mass is 79.9. The fraction of sp³-hybridized carbons (Fsp3) is 0.278. The smallest absolute Gasteiger partial charge is 0.255 e. The summed E-state index contributed by atoms with van der Waals surface area (Å²) in [5, 5.41) is 6.00. The van der Waals surface area contributed by atoms with Crippen LogP contribution in [-0.4, -0.2) is 25.5 Å². The lowest BCUT2D eigenvalue weighted by atomic mass is 10.1. The first-order valence-electron chi connectivity index (χ1n) is 7.52. The number of nitrogens with one attached hydrogen (secondary N) is 2. The fourth-order valence-electron chi connectivity index (χ4n) is 1.96. The molecule has 122 valence electrons. The molecule has 0 aromatic heterocycles. The Bertz CT molecular complexity index is 644. The number of halogens is 1. The minimum absolute atomic E-state index is 0.126. The highest BCUT2D eigenvalue weighted by Crippen LogP contribution is 2.20. The first-order valence-corrected chi connectivity index (χ1v) is 8.31. The Labute approximate surface area is 145 Å². The topological polar surface area (TPSA) is 50.4 Å². The lowest BCUT2D eigenvalue weighted by Crippen LogP contribution is -2.37. The van der Waals surface area contributed by atoms with Gasteiger partial charge in [-0.2, -0.15) is 0 Å². The molecule has 0 radical (unpaired) electrons. The van der Waals surface area contributed by atoms with Crippen molar-refractivity contribution in [1.82, 2.24) is 10.6 Å². The zero-order valence-corrected chi connectivity index (χ0v) is 14.9. The van der Waals surface area contributed by atoms with Crippen molar-refractivity contribution in [1.29, 1.82) is 0 Å². The highest BCUT2D eigenvalue weighted by Gasteiger charge is 2.12. The summed E-state index contributed by atoms with van der Waals surface area (Å²) < 4.78 is 6.85. The van der Waals surface area contributed by atoms with Crippen molar-refractivity contribution in [3.05, 3.63) is 64.1 Å². The number of benzene rings is 2. The largest absolute Gasteiger partial charge is 0.488 e. The number of likely N-dealkylation sites (N-methyl/N-ethyl adjacent to an activating group) is 1. The summed E-state index contributed by atoms with van der Waals surface area (Å²) in [6.07, 6.45) is 0. The first kappa shape index (κ1) is 17.5. The molecule has 0 saturated heterocycles. The zero-order chi connectivity index (χ0) is 16.7. The van der Waals surface area contributed by atoms with Crippen molar-refractivity contribution in [2.75, 3.05) is 13.6 Å². The minimum atomic E-state index is -0.126. The van der Waals surface area contributed by atoms with Gasteiger partial charge in [-0.1, -0.05) is 40.2 Å². The molecule has 1 atom stereocenters. The molecule has 0 bridgehead atoms. The van der Waals surface area contributed by atoms with Crippen LogP contribution in [0.15, 0.2) is 53.0 Å². The second-order valence-corrected chi connectivity index (χ2v) is 6.23. The van der Waals surface area contributed by atoms with Crippen molar-refractivity contribution in [2.45, 2.75) is 19.6 Å². The van der Waals surface area contributed by atoms with Gasteiger partial charge in [-0.05, 0) is 43.8 Å². The summed E-state index contributed by atoms with van der Waals surface area (Å²) in [5.74, 6) is 0.462. The molecule has 1 amide bonds. The van der Waals surface area contributed by atoms with Gasteiger partial charge in [0.15, 0.2) is 0 Å². The monoisotopic (exact) mass is 376 g/mol. The van der Waals surface area contributed by atoms with Gasteiger partial charge in [0.1, 0.15) is 12.4 Å². The molecule has 23 heavy (non-hydrogen) atoms. The lowest BCUT2D eigenvalue weighted by Gasteiger charge is -2.14. The molecule has 0 aliphatic heterocycles. The Morgan fingerprint density at radius 3 is 2.57 bits per heavy atom. The minimum Gasteiger partial charge on any atom is -0.488 e. The Kier molecular flexibility index (Phi) is 6.62. The van der Waals surface area contributed by atoms with Crippen molar-refractivity contribution >= 4 is 21.8 Å². The number of hydrogen-bond donors (Lipinski definition) is 2. The summed E-state index contributed by atoms with van der Waals surface area (Å²) in [6, 6.07) is 15.4. The number of carbonyl (C=O) groups excluding carboxylic acids is 1. The summed E-state index contributed by atoms with van der Waals surface area (Å²) in [7, 11) is 1.87. The average Bonchev–Trinajstić information content (AvgIpc) is 2.59. The number of para-hydroxylation sites is 1. The van der Waals surface area contributed by atoms with Crippen molar-refractivity contribution in [3.8, 4) is 5.75 Å². The maximum absolute atomic E-state index is 12.3. The molecular formula is C18H21BrN2O2. The summed E-state index contributed by atoms with van der Waals surface area (Å²) in [6.45, 7) is 3.00. The number of carbonyl (C=O) groups is 1. The normalized spacial score (nSPS) is 11.8. The van der Waals surface area contributed by atoms with Gasteiger partial charge in [0.2, 0.25) is 0 Å². The second kappa shape index (κ2) is 8.70. The van der Waals surface area contributed by atoms with Crippen molar-refractivity contribution in [2.24, 2.45) is 0 Å². The van der Waals surface area contributed by atoms with Crippen LogP contribution in [0.5, 0.6) is 5.75 Å². The molecular weight excluding hydrogens is 356 g/mol. The van der Waals surface area contributed by atoms with E-state index in [0.717, 1.165) is 10.0 Å². The van der Waals surface area contributed by atoms with E-state index in [0.29, 0.717) is 24.5 Å². The molecule has 0 aliphatic carbocycles. The van der Waals surface area contributed by atoms with Gasteiger partial charge in [0.25, 0.3) is 5.91 Å². The van der Waals surface area contributed by atoms with E-state index in [9.17, 15) is 4.79 Å². The molecule has 0 aliphatic rings. The van der Waals surface area contributed by atoms with Crippen LogP contribution in [0, 0.1) is 0 Å². The Morgan fingerprint density at radius 2 is 1.87 bits per heavy atom. The van der Waals surface area contributed by atoms with Crippen LogP contribution in [0.2, 0.25) is 0 Å². The summed E-state index contributed by atoms with van der Waals surface area (Å²) in [4.78, 5) is 12.3. The van der Waals surface area contributed by atoms with Gasteiger partial charge in [0.05, 0.1) is 5.56 Å². The first-order chi connectivity index (χ1) is 11.1. The molecule has 0 heterocycles. The van der Waals surface area contributed by atoms with E-state index in [1.807, 2.05) is 56.4 Å². The maximum Gasteiger partial charge on any atom is 0.255 e. The fourth-order valence-corrected chi connectivity index (χ4v) is 2.23. The van der Waals surface area contributed by atoms with Crippen LogP contribution in [0.25, 0.3) is 0 Å². The predicted molar refractivity (Wildman–Crippen MR) is 95.8 cm³/mol. The van der Waals surface area contributed by atoms with Gasteiger partial charge in [-0.15, -0.1) is 0 Å². The molecule has 4 nitrogen and oxygen atoms in total. The molecule has 2 N–H and O–H groups in total. The zero-order valence-electron chi connectivity index (χ0n) is 13.3. The van der Waals surface area contributed by atoms with Gasteiger partial charge in [-0.3, -0.25) is 4.79 Å². The molecule has 1 unspecified atom stereocenters. The van der Waals surface area contributed by atoms with Crippen LogP contribution in [-0.2, 0) is 6.61 Å². The van der Waals surface area contributed by atoms with E-state index in [1.165, 1.54) is 0 Å². The van der Waals surface area contributed by atoms with Gasteiger partial charge >= 0.3 is 0 Å². The molecule has 2 aromatic rings.